The van der Waals surface area contributed by atoms with Gasteiger partial charge in [0.15, 0.2) is 5.88 Å². The molecule has 0 unspecified atom stereocenters. The summed E-state index contributed by atoms with van der Waals surface area (Å²) in [4.78, 5) is 11.6. The predicted molar refractivity (Wildman–Crippen MR) is 88.5 cm³/mol. The lowest BCUT2D eigenvalue weighted by Crippen LogP contribution is -1.79. The van der Waals surface area contributed by atoms with Gasteiger partial charge in [0.1, 0.15) is 5.75 Å². The number of phenols is 1. The van der Waals surface area contributed by atoms with Gasteiger partial charge in [0.05, 0.1) is 32.5 Å². The van der Waals surface area contributed by atoms with Gasteiger partial charge >= 0.3 is 0 Å². The highest BCUT2D eigenvalue weighted by molar-refractivity contribution is 7.17. The second kappa shape index (κ2) is 4.85. The summed E-state index contributed by atoms with van der Waals surface area (Å²) in [7, 11) is 0. The maximum absolute atomic E-state index is 10.2. The fraction of sp³-hybridized carbons (Fsp3) is 0. The third-order valence-electron chi connectivity index (χ3n) is 3.47. The Morgan fingerprint density at radius 3 is 2.73 bits per heavy atom. The van der Waals surface area contributed by atoms with E-state index in [4.69, 9.17) is 0 Å². The molecule has 0 spiro atoms. The summed E-state index contributed by atoms with van der Waals surface area (Å²) in [5.41, 5.74) is 4.87. The Morgan fingerprint density at radius 2 is 1.91 bits per heavy atom. The smallest absolute Gasteiger partial charge is 0.198 e. The Balaban J connectivity index is 1.88. The first-order valence-electron chi connectivity index (χ1n) is 6.62. The summed E-state index contributed by atoms with van der Waals surface area (Å²) < 4.78 is 1.02. The van der Waals surface area contributed by atoms with Crippen molar-refractivity contribution < 1.29 is 10.2 Å². The topological polar surface area (TPSA) is 81.5 Å². The van der Waals surface area contributed by atoms with E-state index < -0.39 is 0 Å². The number of nitrogens with one attached hydrogen (secondary N) is 1. The Kier molecular flexibility index (Phi) is 2.83. The first-order valence-corrected chi connectivity index (χ1v) is 7.50. The van der Waals surface area contributed by atoms with Gasteiger partial charge in [-0.2, -0.15) is 0 Å². The van der Waals surface area contributed by atoms with Gasteiger partial charge in [-0.25, -0.2) is 4.98 Å². The number of nitrogens with zero attached hydrogens (tertiary/aromatic N) is 2. The van der Waals surface area contributed by atoms with E-state index in [9.17, 15) is 10.2 Å². The van der Waals surface area contributed by atoms with Crippen LogP contribution in [0.2, 0.25) is 0 Å². The van der Waals surface area contributed by atoms with E-state index in [1.54, 1.807) is 36.0 Å². The Hall–Kier alpha value is -2.86. The second-order valence-corrected chi connectivity index (χ2v) is 5.71. The fourth-order valence-corrected chi connectivity index (χ4v) is 3.27. The van der Waals surface area contributed by atoms with Crippen LogP contribution >= 0.6 is 11.3 Å². The molecule has 0 aliphatic rings. The van der Waals surface area contributed by atoms with Crippen LogP contribution in [-0.2, 0) is 0 Å². The summed E-state index contributed by atoms with van der Waals surface area (Å²) in [5, 5.41) is 20.4. The Bertz CT molecular complexity index is 1000. The number of aromatic nitrogens is 2. The summed E-state index contributed by atoms with van der Waals surface area (Å²) in [6, 6.07) is 10.4. The summed E-state index contributed by atoms with van der Waals surface area (Å²) in [5.74, 6) is 0.277. The molecular weight excluding hydrogens is 298 g/mol. The van der Waals surface area contributed by atoms with E-state index in [0.29, 0.717) is 11.3 Å². The molecule has 0 aliphatic carbocycles. The molecule has 2 aromatic carbocycles. The minimum absolute atomic E-state index is 0.0819. The van der Waals surface area contributed by atoms with E-state index in [1.165, 1.54) is 11.3 Å². The van der Waals surface area contributed by atoms with Crippen LogP contribution in [0.25, 0.3) is 21.1 Å². The lowest BCUT2D eigenvalue weighted by Gasteiger charge is -1.96. The van der Waals surface area contributed by atoms with Crippen LogP contribution in [0.1, 0.15) is 5.56 Å². The zero-order chi connectivity index (χ0) is 15.1. The fourth-order valence-electron chi connectivity index (χ4n) is 2.42. The predicted octanol–water partition coefficient (Wildman–Crippen LogP) is 3.94. The molecular formula is C16H11N3O2S. The minimum atomic E-state index is 0.0819. The first kappa shape index (κ1) is 12.8. The SMILES string of the molecule is Oc1ccc(N=Cc2c(O)[nH]c3ccc4ncsc4c23)cc1. The quantitative estimate of drug-likeness (QED) is 0.491. The van der Waals surface area contributed by atoms with Gasteiger partial charge in [0.25, 0.3) is 0 Å². The normalized spacial score (nSPS) is 11.8. The Labute approximate surface area is 129 Å². The number of H-pyrrole nitrogens is 1. The summed E-state index contributed by atoms with van der Waals surface area (Å²) in [6.07, 6.45) is 1.62. The maximum Gasteiger partial charge on any atom is 0.198 e. The Morgan fingerprint density at radius 1 is 1.09 bits per heavy atom. The highest BCUT2D eigenvalue weighted by atomic mass is 32.1. The van der Waals surface area contributed by atoms with Gasteiger partial charge in [-0.1, -0.05) is 0 Å². The van der Waals surface area contributed by atoms with E-state index in [-0.39, 0.29) is 11.6 Å². The summed E-state index contributed by atoms with van der Waals surface area (Å²) >= 11 is 1.53. The molecule has 0 fully saturated rings. The standard InChI is InChI=1S/C16H11N3O2S/c20-10-3-1-9(2-4-10)17-7-11-14-12(19-16(11)21)5-6-13-15(14)22-8-18-13/h1-8,19-21H. The molecule has 0 atom stereocenters. The lowest BCUT2D eigenvalue weighted by molar-refractivity contribution is 0.457. The highest BCUT2D eigenvalue weighted by Crippen LogP contribution is 2.34. The third-order valence-corrected chi connectivity index (χ3v) is 4.33. The molecule has 4 aromatic rings. The van der Waals surface area contributed by atoms with Gasteiger partial charge < -0.3 is 15.2 Å². The van der Waals surface area contributed by atoms with Gasteiger partial charge in [-0.3, -0.25) is 4.99 Å². The average molecular weight is 309 g/mol. The molecule has 22 heavy (non-hydrogen) atoms. The molecule has 0 amide bonds. The zero-order valence-corrected chi connectivity index (χ0v) is 12.1. The molecule has 0 saturated carbocycles. The van der Waals surface area contributed by atoms with E-state index in [2.05, 4.69) is 15.0 Å². The van der Waals surface area contributed by atoms with Crippen LogP contribution in [0.15, 0.2) is 46.9 Å². The van der Waals surface area contributed by atoms with Gasteiger partial charge in [0, 0.05) is 11.6 Å². The van der Waals surface area contributed by atoms with Crippen LogP contribution in [0.4, 0.5) is 5.69 Å². The van der Waals surface area contributed by atoms with Gasteiger partial charge in [-0.15, -0.1) is 11.3 Å². The van der Waals surface area contributed by atoms with Crippen molar-refractivity contribution in [1.82, 2.24) is 9.97 Å². The van der Waals surface area contributed by atoms with E-state index >= 15 is 0 Å². The molecule has 0 bridgehead atoms. The van der Waals surface area contributed by atoms with Crippen molar-refractivity contribution in [2.45, 2.75) is 0 Å². The van der Waals surface area contributed by atoms with Crippen LogP contribution < -0.4 is 0 Å². The number of fused-ring (bicyclic) bond motifs is 3. The van der Waals surface area contributed by atoms with Crippen molar-refractivity contribution in [3.05, 3.63) is 47.5 Å². The van der Waals surface area contributed by atoms with E-state index in [0.717, 1.165) is 21.1 Å². The van der Waals surface area contributed by atoms with Crippen molar-refractivity contribution >= 4 is 44.4 Å². The molecule has 108 valence electrons. The van der Waals surface area contributed by atoms with Crippen molar-refractivity contribution in [3.63, 3.8) is 0 Å². The van der Waals surface area contributed by atoms with Crippen LogP contribution in [0, 0.1) is 0 Å². The van der Waals surface area contributed by atoms with Crippen molar-refractivity contribution in [2.24, 2.45) is 4.99 Å². The van der Waals surface area contributed by atoms with Gasteiger partial charge in [-0.05, 0) is 36.4 Å². The molecule has 2 heterocycles. The van der Waals surface area contributed by atoms with Crippen molar-refractivity contribution in [1.29, 1.82) is 0 Å². The molecule has 2 aromatic heterocycles. The monoisotopic (exact) mass is 309 g/mol. The van der Waals surface area contributed by atoms with Crippen molar-refractivity contribution in [2.75, 3.05) is 0 Å². The minimum Gasteiger partial charge on any atom is -0.508 e. The number of aromatic amines is 1. The number of aromatic hydroxyl groups is 2. The number of thiazole rings is 1. The second-order valence-electron chi connectivity index (χ2n) is 4.85. The molecule has 3 N–H and O–H groups in total. The van der Waals surface area contributed by atoms with E-state index in [1.807, 2.05) is 12.1 Å². The van der Waals surface area contributed by atoms with Crippen LogP contribution in [0.3, 0.4) is 0 Å². The summed E-state index contributed by atoms with van der Waals surface area (Å²) in [6.45, 7) is 0. The number of rotatable bonds is 2. The number of phenolic OH excluding ortho intramolecular Hbond substituents is 1. The molecule has 0 radical (unpaired) electrons. The van der Waals surface area contributed by atoms with Crippen LogP contribution in [0.5, 0.6) is 11.6 Å². The maximum atomic E-state index is 10.2. The number of hydrogen-bond donors (Lipinski definition) is 3. The van der Waals surface area contributed by atoms with Crippen LogP contribution in [-0.4, -0.2) is 26.4 Å². The molecule has 0 aliphatic heterocycles. The first-order chi connectivity index (χ1) is 10.7. The number of benzene rings is 2. The average Bonchev–Trinajstić information content (AvgIpc) is 3.10. The zero-order valence-electron chi connectivity index (χ0n) is 11.3. The van der Waals surface area contributed by atoms with Crippen molar-refractivity contribution in [3.8, 4) is 11.6 Å². The molecule has 5 nitrogen and oxygen atoms in total. The third kappa shape index (κ3) is 2.01. The molecule has 0 saturated heterocycles. The lowest BCUT2D eigenvalue weighted by atomic mass is 10.1. The molecule has 4 rings (SSSR count). The number of hydrogen-bond acceptors (Lipinski definition) is 5. The highest BCUT2D eigenvalue weighted by Gasteiger charge is 2.13. The van der Waals surface area contributed by atoms with Gasteiger partial charge in [0.2, 0.25) is 0 Å². The largest absolute Gasteiger partial charge is 0.508 e. The molecule has 6 heteroatoms. The number of aliphatic imine (C=N–C) groups is 1.